The van der Waals surface area contributed by atoms with E-state index in [1.165, 1.54) is 14.2 Å². The summed E-state index contributed by atoms with van der Waals surface area (Å²) in [5.41, 5.74) is 0.552. The van der Waals surface area contributed by atoms with Crippen molar-refractivity contribution in [1.82, 2.24) is 5.32 Å². The molecule has 1 aromatic rings. The van der Waals surface area contributed by atoms with E-state index in [9.17, 15) is 4.79 Å². The van der Waals surface area contributed by atoms with Gasteiger partial charge in [-0.1, -0.05) is 11.6 Å². The number of piperidine rings is 1. The van der Waals surface area contributed by atoms with Crippen LogP contribution >= 0.6 is 11.6 Å². The van der Waals surface area contributed by atoms with E-state index in [0.29, 0.717) is 22.1 Å². The van der Waals surface area contributed by atoms with E-state index in [-0.39, 0.29) is 11.7 Å². The number of carbonyl (C=O) groups is 1. The summed E-state index contributed by atoms with van der Waals surface area (Å²) < 4.78 is 10.4. The fourth-order valence-corrected chi connectivity index (χ4v) is 2.59. The molecule has 0 amide bonds. The van der Waals surface area contributed by atoms with Crippen LogP contribution < -0.4 is 14.8 Å². The quantitative estimate of drug-likeness (QED) is 0.863. The Morgan fingerprint density at radius 2 is 1.84 bits per heavy atom. The zero-order chi connectivity index (χ0) is 13.8. The largest absolute Gasteiger partial charge is 0.496 e. The molecule has 1 N–H and O–H groups in total. The van der Waals surface area contributed by atoms with E-state index in [1.54, 1.807) is 12.1 Å². The first-order valence-electron chi connectivity index (χ1n) is 6.33. The fraction of sp³-hybridized carbons (Fsp3) is 0.500. The molecule has 0 bridgehead atoms. The van der Waals surface area contributed by atoms with Gasteiger partial charge < -0.3 is 14.8 Å². The van der Waals surface area contributed by atoms with Gasteiger partial charge in [-0.2, -0.15) is 0 Å². The molecule has 1 aliphatic heterocycles. The van der Waals surface area contributed by atoms with Gasteiger partial charge in [-0.15, -0.1) is 0 Å². The van der Waals surface area contributed by atoms with Crippen molar-refractivity contribution in [2.75, 3.05) is 27.3 Å². The monoisotopic (exact) mass is 283 g/mol. The van der Waals surface area contributed by atoms with Gasteiger partial charge in [0, 0.05) is 12.0 Å². The third kappa shape index (κ3) is 3.01. The first kappa shape index (κ1) is 14.2. The number of Topliss-reactive ketones (excluding diaryl/α,β-unsaturated/α-hetero) is 1. The molecule has 0 atom stereocenters. The van der Waals surface area contributed by atoms with Crippen molar-refractivity contribution in [3.8, 4) is 11.5 Å². The molecule has 104 valence electrons. The Bertz CT molecular complexity index is 470. The molecule has 0 radical (unpaired) electrons. The second kappa shape index (κ2) is 6.26. The van der Waals surface area contributed by atoms with E-state index in [1.807, 2.05) is 0 Å². The van der Waals surface area contributed by atoms with Crippen LogP contribution in [0.1, 0.15) is 23.2 Å². The van der Waals surface area contributed by atoms with Crippen molar-refractivity contribution >= 4 is 17.4 Å². The van der Waals surface area contributed by atoms with E-state index < -0.39 is 0 Å². The third-order valence-electron chi connectivity index (χ3n) is 3.45. The van der Waals surface area contributed by atoms with Crippen LogP contribution in [0.3, 0.4) is 0 Å². The molecule has 0 aromatic heterocycles. The van der Waals surface area contributed by atoms with Crippen molar-refractivity contribution in [3.05, 3.63) is 22.7 Å². The molecule has 19 heavy (non-hydrogen) atoms. The van der Waals surface area contributed by atoms with Gasteiger partial charge in [0.05, 0.1) is 24.8 Å². The lowest BCUT2D eigenvalue weighted by atomic mass is 9.89. The molecule has 1 saturated heterocycles. The molecule has 4 nitrogen and oxygen atoms in total. The van der Waals surface area contributed by atoms with Gasteiger partial charge >= 0.3 is 0 Å². The third-order valence-corrected chi connectivity index (χ3v) is 3.74. The van der Waals surface area contributed by atoms with Gasteiger partial charge in [-0.05, 0) is 32.0 Å². The maximum absolute atomic E-state index is 12.6. The number of benzene rings is 1. The average molecular weight is 284 g/mol. The number of hydrogen-bond donors (Lipinski definition) is 1. The van der Waals surface area contributed by atoms with E-state index in [4.69, 9.17) is 21.1 Å². The molecule has 5 heteroatoms. The highest BCUT2D eigenvalue weighted by Crippen LogP contribution is 2.34. The SMILES string of the molecule is COc1cc(C(=O)C2CCNCC2)c(OC)cc1Cl. The van der Waals surface area contributed by atoms with Gasteiger partial charge in [-0.25, -0.2) is 0 Å². The molecule has 1 heterocycles. The molecule has 1 aliphatic rings. The second-order valence-electron chi connectivity index (χ2n) is 4.58. The fourth-order valence-electron chi connectivity index (χ4n) is 2.36. The Kier molecular flexibility index (Phi) is 4.66. The minimum atomic E-state index is 0.0426. The lowest BCUT2D eigenvalue weighted by Crippen LogP contribution is -2.32. The van der Waals surface area contributed by atoms with Crippen molar-refractivity contribution in [3.63, 3.8) is 0 Å². The number of halogens is 1. The highest BCUT2D eigenvalue weighted by atomic mass is 35.5. The molecule has 1 aromatic carbocycles. The molecule has 0 aliphatic carbocycles. The number of ketones is 1. The predicted octanol–water partition coefficient (Wildman–Crippen LogP) is 2.54. The summed E-state index contributed by atoms with van der Waals surface area (Å²) in [7, 11) is 3.07. The van der Waals surface area contributed by atoms with Crippen LogP contribution in [-0.4, -0.2) is 33.1 Å². The second-order valence-corrected chi connectivity index (χ2v) is 4.98. The van der Waals surface area contributed by atoms with Crippen LogP contribution in [0.25, 0.3) is 0 Å². The summed E-state index contributed by atoms with van der Waals surface area (Å²) in [6, 6.07) is 3.31. The summed E-state index contributed by atoms with van der Waals surface area (Å²) in [5, 5.41) is 3.70. The van der Waals surface area contributed by atoms with E-state index in [0.717, 1.165) is 25.9 Å². The number of carbonyl (C=O) groups excluding carboxylic acids is 1. The Hall–Kier alpha value is -1.26. The minimum absolute atomic E-state index is 0.0426. The maximum atomic E-state index is 12.6. The number of nitrogens with one attached hydrogen (secondary N) is 1. The summed E-state index contributed by atoms with van der Waals surface area (Å²) >= 11 is 6.04. The summed E-state index contributed by atoms with van der Waals surface area (Å²) in [4.78, 5) is 12.6. The van der Waals surface area contributed by atoms with Gasteiger partial charge in [-0.3, -0.25) is 4.79 Å². The first-order chi connectivity index (χ1) is 9.17. The highest BCUT2D eigenvalue weighted by molar-refractivity contribution is 6.32. The summed E-state index contributed by atoms with van der Waals surface area (Å²) in [5.74, 6) is 1.16. The Labute approximate surface area is 118 Å². The summed E-state index contributed by atoms with van der Waals surface area (Å²) in [6.07, 6.45) is 1.71. The minimum Gasteiger partial charge on any atom is -0.496 e. The lowest BCUT2D eigenvalue weighted by molar-refractivity contribution is 0.0891. The molecular weight excluding hydrogens is 266 g/mol. The van der Waals surface area contributed by atoms with Gasteiger partial charge in [0.25, 0.3) is 0 Å². The number of hydrogen-bond acceptors (Lipinski definition) is 4. The maximum Gasteiger partial charge on any atom is 0.169 e. The number of ether oxygens (including phenoxy) is 2. The van der Waals surface area contributed by atoms with E-state index in [2.05, 4.69) is 5.32 Å². The van der Waals surface area contributed by atoms with Crippen molar-refractivity contribution in [2.45, 2.75) is 12.8 Å². The molecule has 0 spiro atoms. The van der Waals surface area contributed by atoms with Crippen molar-refractivity contribution in [1.29, 1.82) is 0 Å². The van der Waals surface area contributed by atoms with Crippen LogP contribution in [0.4, 0.5) is 0 Å². The van der Waals surface area contributed by atoms with E-state index >= 15 is 0 Å². The van der Waals surface area contributed by atoms with Crippen LogP contribution in [0, 0.1) is 5.92 Å². The average Bonchev–Trinajstić information content (AvgIpc) is 2.47. The molecular formula is C14H18ClNO3. The Morgan fingerprint density at radius 1 is 1.21 bits per heavy atom. The van der Waals surface area contributed by atoms with Crippen LogP contribution in [-0.2, 0) is 0 Å². The summed E-state index contributed by atoms with van der Waals surface area (Å²) in [6.45, 7) is 1.76. The lowest BCUT2D eigenvalue weighted by Gasteiger charge is -2.22. The highest BCUT2D eigenvalue weighted by Gasteiger charge is 2.25. The topological polar surface area (TPSA) is 47.6 Å². The number of rotatable bonds is 4. The molecule has 0 unspecified atom stereocenters. The van der Waals surface area contributed by atoms with Crippen molar-refractivity contribution in [2.24, 2.45) is 5.92 Å². The van der Waals surface area contributed by atoms with Gasteiger partial charge in [0.15, 0.2) is 5.78 Å². The zero-order valence-corrected chi connectivity index (χ0v) is 11.9. The molecule has 2 rings (SSSR count). The standard InChI is InChI=1S/C14H18ClNO3/c1-18-12-8-11(15)13(19-2)7-10(12)14(17)9-3-5-16-6-4-9/h7-9,16H,3-6H2,1-2H3. The zero-order valence-electron chi connectivity index (χ0n) is 11.2. The van der Waals surface area contributed by atoms with Gasteiger partial charge in [0.2, 0.25) is 0 Å². The molecule has 1 fully saturated rings. The van der Waals surface area contributed by atoms with Crippen LogP contribution in [0.15, 0.2) is 12.1 Å². The normalized spacial score (nSPS) is 16.2. The Balaban J connectivity index is 2.33. The smallest absolute Gasteiger partial charge is 0.169 e. The van der Waals surface area contributed by atoms with Crippen LogP contribution in [0.2, 0.25) is 5.02 Å². The van der Waals surface area contributed by atoms with Crippen molar-refractivity contribution < 1.29 is 14.3 Å². The predicted molar refractivity (Wildman–Crippen MR) is 74.5 cm³/mol. The Morgan fingerprint density at radius 3 is 2.42 bits per heavy atom. The molecule has 0 saturated carbocycles. The van der Waals surface area contributed by atoms with Gasteiger partial charge in [0.1, 0.15) is 11.5 Å². The first-order valence-corrected chi connectivity index (χ1v) is 6.71. The van der Waals surface area contributed by atoms with Crippen LogP contribution in [0.5, 0.6) is 11.5 Å². The number of methoxy groups -OCH3 is 2.